The minimum Gasteiger partial charge on any atom is -0.358 e. The summed E-state index contributed by atoms with van der Waals surface area (Å²) < 4.78 is 0. The van der Waals surface area contributed by atoms with E-state index in [0.29, 0.717) is 12.2 Å². The van der Waals surface area contributed by atoms with E-state index in [2.05, 4.69) is 15.5 Å². The molecule has 1 rings (SSSR count). The highest BCUT2D eigenvalue weighted by molar-refractivity contribution is 5.47. The number of aromatic amines is 1. The molecule has 0 aliphatic carbocycles. The Morgan fingerprint density at radius 1 is 1.82 bits per heavy atom. The second-order valence-corrected chi connectivity index (χ2v) is 1.73. The molecule has 1 aromatic rings. The van der Waals surface area contributed by atoms with Crippen LogP contribution in [0.3, 0.4) is 0 Å². The highest BCUT2D eigenvalue weighted by atomic mass is 16.6. The van der Waals surface area contributed by atoms with Gasteiger partial charge in [0.05, 0.1) is 0 Å². The van der Waals surface area contributed by atoms with E-state index in [1.165, 1.54) is 0 Å². The fourth-order valence-corrected chi connectivity index (χ4v) is 0.545. The number of hydrogen-bond donors (Lipinski definition) is 2. The van der Waals surface area contributed by atoms with Crippen LogP contribution in [0.25, 0.3) is 0 Å². The summed E-state index contributed by atoms with van der Waals surface area (Å²) in [5.41, 5.74) is 2.43. The molecule has 0 unspecified atom stereocenters. The van der Waals surface area contributed by atoms with Crippen molar-refractivity contribution >= 4 is 12.2 Å². The Bertz CT molecular complexity index is 253. The first-order chi connectivity index (χ1) is 5.29. The first-order valence-corrected chi connectivity index (χ1v) is 2.85. The molecule has 0 bridgehead atoms. The smallest absolute Gasteiger partial charge is 0.352 e. The summed E-state index contributed by atoms with van der Waals surface area (Å²) in [6.45, 7) is 0. The summed E-state index contributed by atoms with van der Waals surface area (Å²) in [5, 5.41) is 13.0. The minimum absolute atomic E-state index is 0.584. The minimum atomic E-state index is -0.643. The Labute approximate surface area is 62.1 Å². The Morgan fingerprint density at radius 3 is 3.18 bits per heavy atom. The van der Waals surface area contributed by atoms with Crippen LogP contribution in [0.4, 0.5) is 5.82 Å². The molecule has 1 heterocycles. The van der Waals surface area contributed by atoms with Gasteiger partial charge >= 0.3 is 6.34 Å². The molecule has 11 heavy (non-hydrogen) atoms. The summed E-state index contributed by atoms with van der Waals surface area (Å²) in [7, 11) is 0. The molecule has 0 aliphatic rings. The molecule has 0 aliphatic heterocycles. The quantitative estimate of drug-likeness (QED) is 0.290. The Hall–Kier alpha value is -1.85. The zero-order valence-corrected chi connectivity index (χ0v) is 5.52. The van der Waals surface area contributed by atoms with Gasteiger partial charge in [-0.15, -0.1) is 0 Å². The number of nitro groups is 1. The number of aromatic nitrogens is 1. The monoisotopic (exact) mass is 154 g/mol. The average molecular weight is 154 g/mol. The molecule has 0 amide bonds. The predicted molar refractivity (Wildman–Crippen MR) is 39.9 cm³/mol. The molecule has 0 saturated heterocycles. The van der Waals surface area contributed by atoms with Crippen LogP contribution in [0, 0.1) is 10.1 Å². The number of hydrogen-bond acceptors (Lipinski definition) is 4. The van der Waals surface area contributed by atoms with Gasteiger partial charge in [0, 0.05) is 11.3 Å². The molecular weight excluding hydrogens is 148 g/mol. The van der Waals surface area contributed by atoms with Gasteiger partial charge in [-0.2, -0.15) is 5.43 Å². The molecule has 6 heteroatoms. The molecule has 0 spiro atoms. The number of H-pyrrole nitrogens is 1. The molecular formula is C5H6N4O2. The third kappa shape index (κ3) is 2.48. The van der Waals surface area contributed by atoms with Crippen LogP contribution in [-0.4, -0.2) is 16.2 Å². The topological polar surface area (TPSA) is 83.3 Å². The molecule has 2 N–H and O–H groups in total. The highest BCUT2D eigenvalue weighted by Crippen LogP contribution is 1.99. The van der Waals surface area contributed by atoms with E-state index in [1.807, 2.05) is 0 Å². The number of hydrazone groups is 1. The van der Waals surface area contributed by atoms with Crippen LogP contribution < -0.4 is 5.43 Å². The van der Waals surface area contributed by atoms with Crippen LogP contribution in [-0.2, 0) is 0 Å². The van der Waals surface area contributed by atoms with E-state index < -0.39 is 4.92 Å². The van der Waals surface area contributed by atoms with Crippen molar-refractivity contribution in [2.75, 3.05) is 5.43 Å². The van der Waals surface area contributed by atoms with E-state index >= 15 is 0 Å². The SMILES string of the molecule is O=[N+]([O-])C=NNc1ccc[nH]1. The zero-order chi connectivity index (χ0) is 8.10. The van der Waals surface area contributed by atoms with Gasteiger partial charge in [-0.3, -0.25) is 0 Å². The highest BCUT2D eigenvalue weighted by Gasteiger charge is 1.90. The molecule has 6 nitrogen and oxygen atoms in total. The molecule has 0 atom stereocenters. The molecule has 0 fully saturated rings. The standard InChI is InChI=1S/C5H6N4O2/c10-9(11)4-7-8-5-2-1-3-6-5/h1-4,6,8H. The third-order valence-corrected chi connectivity index (χ3v) is 0.935. The lowest BCUT2D eigenvalue weighted by Gasteiger charge is -1.85. The van der Waals surface area contributed by atoms with Crippen molar-refractivity contribution < 1.29 is 4.92 Å². The fourth-order valence-electron chi connectivity index (χ4n) is 0.545. The first-order valence-electron chi connectivity index (χ1n) is 2.85. The summed E-state index contributed by atoms with van der Waals surface area (Å²) in [6.07, 6.45) is 2.27. The van der Waals surface area contributed by atoms with E-state index in [4.69, 9.17) is 0 Å². The van der Waals surface area contributed by atoms with Crippen molar-refractivity contribution in [2.45, 2.75) is 0 Å². The second kappa shape index (κ2) is 3.35. The van der Waals surface area contributed by atoms with Crippen LogP contribution in [0.2, 0.25) is 0 Å². The summed E-state index contributed by atoms with van der Waals surface area (Å²) in [4.78, 5) is 11.9. The normalized spacial score (nSPS) is 10.2. The summed E-state index contributed by atoms with van der Waals surface area (Å²) >= 11 is 0. The van der Waals surface area contributed by atoms with Gasteiger partial charge in [-0.25, -0.2) is 0 Å². The summed E-state index contributed by atoms with van der Waals surface area (Å²) in [5.74, 6) is 0.614. The van der Waals surface area contributed by atoms with Crippen LogP contribution in [0.15, 0.2) is 23.4 Å². The lowest BCUT2D eigenvalue weighted by molar-refractivity contribution is -0.339. The van der Waals surface area contributed by atoms with Crippen molar-refractivity contribution in [1.29, 1.82) is 0 Å². The molecule has 0 radical (unpaired) electrons. The maximum atomic E-state index is 9.73. The maximum absolute atomic E-state index is 9.73. The number of anilines is 1. The maximum Gasteiger partial charge on any atom is 0.352 e. The largest absolute Gasteiger partial charge is 0.358 e. The van der Waals surface area contributed by atoms with E-state index in [1.54, 1.807) is 18.3 Å². The van der Waals surface area contributed by atoms with Gasteiger partial charge in [-0.05, 0) is 17.1 Å². The van der Waals surface area contributed by atoms with Gasteiger partial charge in [0.1, 0.15) is 5.82 Å². The van der Waals surface area contributed by atoms with Crippen molar-refractivity contribution in [1.82, 2.24) is 4.98 Å². The summed E-state index contributed by atoms with van der Waals surface area (Å²) in [6, 6.07) is 3.46. The number of rotatable bonds is 3. The number of nitrogens with one attached hydrogen (secondary N) is 2. The zero-order valence-electron chi connectivity index (χ0n) is 5.52. The lowest BCUT2D eigenvalue weighted by Crippen LogP contribution is -1.96. The third-order valence-electron chi connectivity index (χ3n) is 0.935. The average Bonchev–Trinajstić information content (AvgIpc) is 2.39. The van der Waals surface area contributed by atoms with Crippen molar-refractivity contribution in [2.24, 2.45) is 5.10 Å². The molecule has 58 valence electrons. The first kappa shape index (κ1) is 7.26. The van der Waals surface area contributed by atoms with Gasteiger partial charge in [-0.1, -0.05) is 0 Å². The molecule has 1 aromatic heterocycles. The van der Waals surface area contributed by atoms with Gasteiger partial charge in [0.15, 0.2) is 0 Å². The Morgan fingerprint density at radius 2 is 2.64 bits per heavy atom. The lowest BCUT2D eigenvalue weighted by atomic mass is 10.6. The van der Waals surface area contributed by atoms with Gasteiger partial charge in [0.25, 0.3) is 0 Å². The van der Waals surface area contributed by atoms with E-state index in [9.17, 15) is 10.1 Å². The Kier molecular flexibility index (Phi) is 2.21. The van der Waals surface area contributed by atoms with Gasteiger partial charge in [0.2, 0.25) is 0 Å². The van der Waals surface area contributed by atoms with E-state index in [-0.39, 0.29) is 0 Å². The van der Waals surface area contributed by atoms with Crippen LogP contribution in [0.1, 0.15) is 0 Å². The van der Waals surface area contributed by atoms with Crippen molar-refractivity contribution in [3.05, 3.63) is 28.4 Å². The van der Waals surface area contributed by atoms with Crippen LogP contribution >= 0.6 is 0 Å². The molecule has 0 saturated carbocycles. The fraction of sp³-hybridized carbons (Fsp3) is 0. The number of nitrogens with zero attached hydrogens (tertiary/aromatic N) is 2. The van der Waals surface area contributed by atoms with E-state index in [0.717, 1.165) is 0 Å². The predicted octanol–water partition coefficient (Wildman–Crippen LogP) is 0.647. The van der Waals surface area contributed by atoms with Crippen molar-refractivity contribution in [3.63, 3.8) is 0 Å². The van der Waals surface area contributed by atoms with Crippen molar-refractivity contribution in [3.8, 4) is 0 Å². The van der Waals surface area contributed by atoms with Gasteiger partial charge < -0.3 is 15.1 Å². The Balaban J connectivity index is 2.40. The second-order valence-electron chi connectivity index (χ2n) is 1.73. The molecule has 0 aromatic carbocycles. The van der Waals surface area contributed by atoms with Crippen LogP contribution in [0.5, 0.6) is 0 Å².